The molecule has 3 aromatic rings. The number of rotatable bonds is 6. The van der Waals surface area contributed by atoms with Gasteiger partial charge < -0.3 is 9.88 Å². The van der Waals surface area contributed by atoms with Crippen LogP contribution in [0.1, 0.15) is 13.8 Å². The summed E-state index contributed by atoms with van der Waals surface area (Å²) in [6.07, 6.45) is 0. The van der Waals surface area contributed by atoms with Crippen LogP contribution >= 0.6 is 23.4 Å². The van der Waals surface area contributed by atoms with Crippen molar-refractivity contribution < 1.29 is 17.6 Å². The van der Waals surface area contributed by atoms with Crippen molar-refractivity contribution in [2.24, 2.45) is 5.14 Å². The fraction of sp³-hybridized carbons (Fsp3) is 0.222. The van der Waals surface area contributed by atoms with Gasteiger partial charge in [0.2, 0.25) is 15.9 Å². The molecule has 0 aliphatic rings. The van der Waals surface area contributed by atoms with Crippen LogP contribution in [0, 0.1) is 5.82 Å². The van der Waals surface area contributed by atoms with Crippen molar-refractivity contribution >= 4 is 56.0 Å². The van der Waals surface area contributed by atoms with Crippen LogP contribution in [0.5, 0.6) is 0 Å². The number of hydrogen-bond donors (Lipinski definition) is 2. The van der Waals surface area contributed by atoms with Crippen molar-refractivity contribution in [3.63, 3.8) is 0 Å². The number of hydrogen-bond acceptors (Lipinski definition) is 5. The SMILES string of the molecule is CCn1c(S[C@H](C)C(=O)Nc2ccc(Cl)cc2F)nc2cc(S(N)(=O)=O)ccc21. The highest BCUT2D eigenvalue weighted by atomic mass is 35.5. The fourth-order valence-electron chi connectivity index (χ4n) is 2.70. The molecule has 0 bridgehead atoms. The van der Waals surface area contributed by atoms with Gasteiger partial charge in [-0.05, 0) is 50.2 Å². The van der Waals surface area contributed by atoms with Gasteiger partial charge in [-0.1, -0.05) is 23.4 Å². The van der Waals surface area contributed by atoms with Crippen molar-refractivity contribution in [1.29, 1.82) is 0 Å². The number of nitrogens with one attached hydrogen (secondary N) is 1. The number of primary sulfonamides is 1. The minimum Gasteiger partial charge on any atom is -0.323 e. The van der Waals surface area contributed by atoms with E-state index in [1.165, 1.54) is 36.0 Å². The molecule has 0 unspecified atom stereocenters. The average molecular weight is 457 g/mol. The van der Waals surface area contributed by atoms with Gasteiger partial charge in [0, 0.05) is 11.6 Å². The molecule has 1 aromatic heterocycles. The molecule has 1 heterocycles. The van der Waals surface area contributed by atoms with Crippen molar-refractivity contribution in [3.05, 3.63) is 47.2 Å². The summed E-state index contributed by atoms with van der Waals surface area (Å²) < 4.78 is 38.9. The van der Waals surface area contributed by atoms with Crippen molar-refractivity contribution in [3.8, 4) is 0 Å². The molecule has 0 fully saturated rings. The number of halogens is 2. The molecule has 154 valence electrons. The zero-order chi connectivity index (χ0) is 21.3. The maximum Gasteiger partial charge on any atom is 0.238 e. The molecular formula is C18H18ClFN4O3S2. The highest BCUT2D eigenvalue weighted by Gasteiger charge is 2.21. The van der Waals surface area contributed by atoms with E-state index in [0.717, 1.165) is 11.6 Å². The first kappa shape index (κ1) is 21.6. The monoisotopic (exact) mass is 456 g/mol. The Hall–Kier alpha value is -2.14. The largest absolute Gasteiger partial charge is 0.323 e. The zero-order valence-electron chi connectivity index (χ0n) is 15.5. The number of thioether (sulfide) groups is 1. The summed E-state index contributed by atoms with van der Waals surface area (Å²) in [6, 6.07) is 8.44. The molecule has 0 saturated heterocycles. The van der Waals surface area contributed by atoms with Gasteiger partial charge in [-0.3, -0.25) is 4.79 Å². The number of amides is 1. The molecule has 7 nitrogen and oxygen atoms in total. The highest BCUT2D eigenvalue weighted by molar-refractivity contribution is 8.00. The van der Waals surface area contributed by atoms with Gasteiger partial charge in [-0.25, -0.2) is 22.9 Å². The molecule has 0 saturated carbocycles. The second kappa shape index (κ2) is 8.31. The van der Waals surface area contributed by atoms with Crippen LogP contribution in [0.2, 0.25) is 5.02 Å². The summed E-state index contributed by atoms with van der Waals surface area (Å²) in [5, 5.41) is 7.89. The average Bonchev–Trinajstić information content (AvgIpc) is 2.99. The lowest BCUT2D eigenvalue weighted by Gasteiger charge is -2.13. The van der Waals surface area contributed by atoms with Crippen LogP contribution in [-0.2, 0) is 21.4 Å². The van der Waals surface area contributed by atoms with Crippen LogP contribution in [-0.4, -0.2) is 29.1 Å². The summed E-state index contributed by atoms with van der Waals surface area (Å²) in [6.45, 7) is 4.14. The molecular weight excluding hydrogens is 439 g/mol. The Kier molecular flexibility index (Phi) is 6.18. The zero-order valence-corrected chi connectivity index (χ0v) is 17.9. The third-order valence-corrected chi connectivity index (χ3v) is 6.41. The van der Waals surface area contributed by atoms with Gasteiger partial charge in [0.05, 0.1) is 26.9 Å². The quantitative estimate of drug-likeness (QED) is 0.551. The first-order valence-electron chi connectivity index (χ1n) is 8.55. The summed E-state index contributed by atoms with van der Waals surface area (Å²) in [7, 11) is -3.85. The third-order valence-electron chi connectivity index (χ3n) is 4.17. The van der Waals surface area contributed by atoms with Crippen LogP contribution in [0.4, 0.5) is 10.1 Å². The van der Waals surface area contributed by atoms with E-state index in [4.69, 9.17) is 16.7 Å². The van der Waals surface area contributed by atoms with Gasteiger partial charge in [0.25, 0.3) is 0 Å². The number of carbonyl (C=O) groups excluding carboxylic acids is 1. The molecule has 0 spiro atoms. The van der Waals surface area contributed by atoms with Crippen LogP contribution in [0.15, 0.2) is 46.5 Å². The molecule has 0 aliphatic carbocycles. The number of imidazole rings is 1. The second-order valence-electron chi connectivity index (χ2n) is 6.21. The Labute approximate surface area is 176 Å². The summed E-state index contributed by atoms with van der Waals surface area (Å²) >= 11 is 6.90. The molecule has 0 aliphatic heterocycles. The molecule has 29 heavy (non-hydrogen) atoms. The van der Waals surface area contributed by atoms with E-state index < -0.39 is 27.0 Å². The number of carbonyl (C=O) groups is 1. The second-order valence-corrected chi connectivity index (χ2v) is 9.51. The first-order valence-corrected chi connectivity index (χ1v) is 11.4. The number of benzene rings is 2. The van der Waals surface area contributed by atoms with Gasteiger partial charge in [-0.15, -0.1) is 0 Å². The molecule has 3 rings (SSSR count). The number of nitrogens with zero attached hydrogens (tertiary/aromatic N) is 2. The van der Waals surface area contributed by atoms with Crippen LogP contribution < -0.4 is 10.5 Å². The Morgan fingerprint density at radius 3 is 2.69 bits per heavy atom. The molecule has 3 N–H and O–H groups in total. The normalized spacial score (nSPS) is 12.9. The van der Waals surface area contributed by atoms with Crippen molar-refractivity contribution in [1.82, 2.24) is 9.55 Å². The number of anilines is 1. The Balaban J connectivity index is 1.85. The minimum absolute atomic E-state index is 0.0358. The molecule has 1 atom stereocenters. The predicted molar refractivity (Wildman–Crippen MR) is 112 cm³/mol. The van der Waals surface area contributed by atoms with E-state index in [-0.39, 0.29) is 15.6 Å². The van der Waals surface area contributed by atoms with Gasteiger partial charge in [0.15, 0.2) is 5.16 Å². The van der Waals surface area contributed by atoms with E-state index in [1.807, 2.05) is 11.5 Å². The number of fused-ring (bicyclic) bond motifs is 1. The Bertz CT molecular complexity index is 1200. The lowest BCUT2D eigenvalue weighted by Crippen LogP contribution is -2.23. The summed E-state index contributed by atoms with van der Waals surface area (Å²) in [4.78, 5) is 16.9. The highest BCUT2D eigenvalue weighted by Crippen LogP contribution is 2.29. The maximum atomic E-state index is 13.9. The van der Waals surface area contributed by atoms with Gasteiger partial charge in [-0.2, -0.15) is 0 Å². The third kappa shape index (κ3) is 4.72. The number of aryl methyl sites for hydroxylation is 1. The molecule has 11 heteroatoms. The summed E-state index contributed by atoms with van der Waals surface area (Å²) in [5.74, 6) is -1.03. The van der Waals surface area contributed by atoms with Crippen molar-refractivity contribution in [2.45, 2.75) is 35.7 Å². The van der Waals surface area contributed by atoms with E-state index in [2.05, 4.69) is 10.3 Å². The smallest absolute Gasteiger partial charge is 0.238 e. The molecule has 2 aromatic carbocycles. The van der Waals surface area contributed by atoms with E-state index >= 15 is 0 Å². The Morgan fingerprint density at radius 2 is 2.07 bits per heavy atom. The lowest BCUT2D eigenvalue weighted by molar-refractivity contribution is -0.115. The number of aromatic nitrogens is 2. The number of sulfonamides is 1. The van der Waals surface area contributed by atoms with Gasteiger partial charge >= 0.3 is 0 Å². The van der Waals surface area contributed by atoms with Gasteiger partial charge in [0.1, 0.15) is 5.82 Å². The van der Waals surface area contributed by atoms with Crippen LogP contribution in [0.3, 0.4) is 0 Å². The number of nitrogens with two attached hydrogens (primary N) is 1. The van der Waals surface area contributed by atoms with E-state index in [0.29, 0.717) is 17.2 Å². The maximum absolute atomic E-state index is 13.9. The molecule has 0 radical (unpaired) electrons. The van der Waals surface area contributed by atoms with Crippen molar-refractivity contribution in [2.75, 3.05) is 5.32 Å². The van der Waals surface area contributed by atoms with Crippen LogP contribution in [0.25, 0.3) is 11.0 Å². The standard InChI is InChI=1S/C18H18ClFN4O3S2/c1-3-24-16-7-5-12(29(21,26)27)9-15(16)23-18(24)28-10(2)17(25)22-14-6-4-11(19)8-13(14)20/h4-10H,3H2,1-2H3,(H,22,25)(H2,21,26,27)/t10-/m1/s1. The first-order chi connectivity index (χ1) is 13.6. The lowest BCUT2D eigenvalue weighted by atomic mass is 10.3. The Morgan fingerprint density at radius 1 is 1.34 bits per heavy atom. The molecule has 1 amide bonds. The predicted octanol–water partition coefficient (Wildman–Crippen LogP) is 3.62. The fourth-order valence-corrected chi connectivity index (χ4v) is 4.38. The van der Waals surface area contributed by atoms with E-state index in [9.17, 15) is 17.6 Å². The topological polar surface area (TPSA) is 107 Å². The minimum atomic E-state index is -3.85. The summed E-state index contributed by atoms with van der Waals surface area (Å²) in [5.41, 5.74) is 1.21. The van der Waals surface area contributed by atoms with E-state index in [1.54, 1.807) is 13.0 Å².